The Bertz CT molecular complexity index is 539. The number of nitrogens with one attached hydrogen (secondary N) is 1. The average molecular weight is 298 g/mol. The Balaban J connectivity index is 1.80. The van der Waals surface area contributed by atoms with Crippen LogP contribution in [0.1, 0.15) is 31.3 Å². The lowest BCUT2D eigenvalue weighted by atomic mass is 10.1. The lowest BCUT2D eigenvalue weighted by Crippen LogP contribution is -2.45. The third-order valence-corrected chi connectivity index (χ3v) is 5.50. The van der Waals surface area contributed by atoms with Crippen molar-refractivity contribution in [3.8, 4) is 0 Å². The van der Waals surface area contributed by atoms with Crippen LogP contribution in [0.2, 0.25) is 0 Å². The van der Waals surface area contributed by atoms with Gasteiger partial charge in [0.05, 0.1) is 11.4 Å². The van der Waals surface area contributed by atoms with Crippen LogP contribution in [0.3, 0.4) is 0 Å². The molecule has 1 aliphatic heterocycles. The van der Waals surface area contributed by atoms with E-state index >= 15 is 0 Å². The summed E-state index contributed by atoms with van der Waals surface area (Å²) in [6.45, 7) is 5.48. The summed E-state index contributed by atoms with van der Waals surface area (Å²) in [5.74, 6) is 0.957. The van der Waals surface area contributed by atoms with Gasteiger partial charge in [-0.25, -0.2) is 22.7 Å². The van der Waals surface area contributed by atoms with E-state index in [1.165, 1.54) is 0 Å². The molecule has 1 saturated heterocycles. The SMILES string of the molecule is CCS(=O)(=O)N1CCC(NCc2ccnc(C)n2)CC1. The lowest BCUT2D eigenvalue weighted by Gasteiger charge is -2.31. The molecular formula is C13H22N4O2S. The summed E-state index contributed by atoms with van der Waals surface area (Å²) in [7, 11) is -3.03. The summed E-state index contributed by atoms with van der Waals surface area (Å²) in [4.78, 5) is 8.41. The van der Waals surface area contributed by atoms with Crippen molar-refractivity contribution in [3.05, 3.63) is 23.8 Å². The summed E-state index contributed by atoms with van der Waals surface area (Å²) in [6.07, 6.45) is 3.46. The first-order valence-electron chi connectivity index (χ1n) is 7.01. The van der Waals surface area contributed by atoms with E-state index in [4.69, 9.17) is 0 Å². The van der Waals surface area contributed by atoms with Gasteiger partial charge in [-0.1, -0.05) is 0 Å². The van der Waals surface area contributed by atoms with Crippen molar-refractivity contribution >= 4 is 10.0 Å². The fraction of sp³-hybridized carbons (Fsp3) is 0.692. The molecule has 0 aliphatic carbocycles. The molecule has 0 atom stereocenters. The van der Waals surface area contributed by atoms with Gasteiger partial charge in [-0.05, 0) is 32.8 Å². The molecule has 0 amide bonds. The van der Waals surface area contributed by atoms with Crippen molar-refractivity contribution in [1.29, 1.82) is 0 Å². The minimum atomic E-state index is -3.03. The Morgan fingerprint density at radius 3 is 2.70 bits per heavy atom. The Kier molecular flexibility index (Phi) is 5.06. The van der Waals surface area contributed by atoms with Crippen LogP contribution >= 0.6 is 0 Å². The van der Waals surface area contributed by atoms with Crippen molar-refractivity contribution in [1.82, 2.24) is 19.6 Å². The highest BCUT2D eigenvalue weighted by Crippen LogP contribution is 2.14. The average Bonchev–Trinajstić information content (AvgIpc) is 2.46. The highest BCUT2D eigenvalue weighted by Gasteiger charge is 2.26. The van der Waals surface area contributed by atoms with Crippen LogP contribution in [0.15, 0.2) is 12.3 Å². The topological polar surface area (TPSA) is 75.2 Å². The molecule has 112 valence electrons. The van der Waals surface area contributed by atoms with E-state index in [1.807, 2.05) is 13.0 Å². The van der Waals surface area contributed by atoms with Crippen LogP contribution in [0, 0.1) is 6.92 Å². The second kappa shape index (κ2) is 6.60. The summed E-state index contributed by atoms with van der Waals surface area (Å²) >= 11 is 0. The second-order valence-corrected chi connectivity index (χ2v) is 7.31. The van der Waals surface area contributed by atoms with Crippen LogP contribution in [-0.4, -0.2) is 47.6 Å². The third-order valence-electron chi connectivity index (χ3n) is 3.62. The van der Waals surface area contributed by atoms with Gasteiger partial charge in [0.2, 0.25) is 10.0 Å². The van der Waals surface area contributed by atoms with E-state index in [0.29, 0.717) is 25.7 Å². The monoisotopic (exact) mass is 298 g/mol. The summed E-state index contributed by atoms with van der Waals surface area (Å²) < 4.78 is 25.1. The Hall–Kier alpha value is -1.05. The number of nitrogens with zero attached hydrogens (tertiary/aromatic N) is 3. The number of aromatic nitrogens is 2. The molecule has 1 aliphatic rings. The number of hydrogen-bond acceptors (Lipinski definition) is 5. The van der Waals surface area contributed by atoms with Crippen molar-refractivity contribution in [3.63, 3.8) is 0 Å². The first kappa shape index (κ1) is 15.3. The minimum Gasteiger partial charge on any atom is -0.308 e. The van der Waals surface area contributed by atoms with Gasteiger partial charge < -0.3 is 5.32 Å². The molecule has 0 saturated carbocycles. The van der Waals surface area contributed by atoms with Gasteiger partial charge >= 0.3 is 0 Å². The fourth-order valence-corrected chi connectivity index (χ4v) is 3.51. The smallest absolute Gasteiger partial charge is 0.213 e. The normalized spacial score (nSPS) is 18.3. The summed E-state index contributed by atoms with van der Waals surface area (Å²) in [5, 5.41) is 3.44. The lowest BCUT2D eigenvalue weighted by molar-refractivity contribution is 0.288. The maximum absolute atomic E-state index is 11.8. The third kappa shape index (κ3) is 3.97. The molecule has 1 N–H and O–H groups in total. The molecule has 0 spiro atoms. The predicted molar refractivity (Wildman–Crippen MR) is 77.7 cm³/mol. The van der Waals surface area contributed by atoms with Crippen LogP contribution < -0.4 is 5.32 Å². The maximum atomic E-state index is 11.8. The second-order valence-electron chi connectivity index (χ2n) is 5.05. The zero-order chi connectivity index (χ0) is 14.6. The molecule has 6 nitrogen and oxygen atoms in total. The molecule has 20 heavy (non-hydrogen) atoms. The van der Waals surface area contributed by atoms with Crippen LogP contribution in [-0.2, 0) is 16.6 Å². The number of hydrogen-bond donors (Lipinski definition) is 1. The molecule has 0 radical (unpaired) electrons. The van der Waals surface area contributed by atoms with Crippen molar-refractivity contribution in [2.24, 2.45) is 0 Å². The minimum absolute atomic E-state index is 0.186. The number of rotatable bonds is 5. The standard InChI is InChI=1S/C13H22N4O2S/c1-3-20(18,19)17-8-5-12(6-9-17)15-10-13-4-7-14-11(2)16-13/h4,7,12,15H,3,5-6,8-10H2,1-2H3. The Morgan fingerprint density at radius 2 is 2.10 bits per heavy atom. The number of sulfonamides is 1. The van der Waals surface area contributed by atoms with Gasteiger partial charge in [-0.15, -0.1) is 0 Å². The van der Waals surface area contributed by atoms with Gasteiger partial charge in [-0.3, -0.25) is 0 Å². The number of aryl methyl sites for hydroxylation is 1. The fourth-order valence-electron chi connectivity index (χ4n) is 2.37. The quantitative estimate of drug-likeness (QED) is 0.865. The van der Waals surface area contributed by atoms with Gasteiger partial charge in [0.25, 0.3) is 0 Å². The molecule has 0 aromatic carbocycles. The van der Waals surface area contributed by atoms with E-state index < -0.39 is 10.0 Å². The van der Waals surface area contributed by atoms with E-state index in [-0.39, 0.29) is 5.75 Å². The highest BCUT2D eigenvalue weighted by molar-refractivity contribution is 7.89. The van der Waals surface area contributed by atoms with Gasteiger partial charge in [0, 0.05) is 31.9 Å². The van der Waals surface area contributed by atoms with Crippen LogP contribution in [0.5, 0.6) is 0 Å². The summed E-state index contributed by atoms with van der Waals surface area (Å²) in [5.41, 5.74) is 0.973. The molecule has 0 bridgehead atoms. The molecular weight excluding hydrogens is 276 g/mol. The van der Waals surface area contributed by atoms with Crippen LogP contribution in [0.25, 0.3) is 0 Å². The maximum Gasteiger partial charge on any atom is 0.213 e. The first-order valence-corrected chi connectivity index (χ1v) is 8.62. The molecule has 1 aromatic heterocycles. The van der Waals surface area contributed by atoms with Gasteiger partial charge in [-0.2, -0.15) is 0 Å². The first-order chi connectivity index (χ1) is 9.51. The van der Waals surface area contributed by atoms with E-state index in [0.717, 1.165) is 24.4 Å². The molecule has 7 heteroatoms. The zero-order valence-corrected chi connectivity index (χ0v) is 12.9. The number of piperidine rings is 1. The van der Waals surface area contributed by atoms with E-state index in [1.54, 1.807) is 17.4 Å². The van der Waals surface area contributed by atoms with E-state index in [9.17, 15) is 8.42 Å². The Morgan fingerprint density at radius 1 is 1.40 bits per heavy atom. The van der Waals surface area contributed by atoms with Crippen molar-refractivity contribution in [2.45, 2.75) is 39.3 Å². The van der Waals surface area contributed by atoms with Crippen LogP contribution in [0.4, 0.5) is 0 Å². The highest BCUT2D eigenvalue weighted by atomic mass is 32.2. The van der Waals surface area contributed by atoms with Crippen molar-refractivity contribution in [2.75, 3.05) is 18.8 Å². The molecule has 0 unspecified atom stereocenters. The van der Waals surface area contributed by atoms with Gasteiger partial charge in [0.1, 0.15) is 5.82 Å². The largest absolute Gasteiger partial charge is 0.308 e. The molecule has 1 fully saturated rings. The predicted octanol–water partition coefficient (Wildman–Crippen LogP) is 0.689. The Labute approximate surface area is 120 Å². The van der Waals surface area contributed by atoms with Gasteiger partial charge in [0.15, 0.2) is 0 Å². The zero-order valence-electron chi connectivity index (χ0n) is 12.0. The van der Waals surface area contributed by atoms with E-state index in [2.05, 4.69) is 15.3 Å². The van der Waals surface area contributed by atoms with Crippen molar-refractivity contribution < 1.29 is 8.42 Å². The molecule has 1 aromatic rings. The molecule has 2 heterocycles. The summed E-state index contributed by atoms with van der Waals surface area (Å²) in [6, 6.07) is 2.25. The molecule has 2 rings (SSSR count).